The highest BCUT2D eigenvalue weighted by molar-refractivity contribution is 5.35. The zero-order valence-corrected chi connectivity index (χ0v) is 10.7. The van der Waals surface area contributed by atoms with Gasteiger partial charge < -0.3 is 4.74 Å². The van der Waals surface area contributed by atoms with Crippen molar-refractivity contribution in [3.8, 4) is 5.75 Å². The second kappa shape index (κ2) is 5.99. The van der Waals surface area contributed by atoms with E-state index in [9.17, 15) is 10.1 Å². The van der Waals surface area contributed by atoms with Gasteiger partial charge in [0.1, 0.15) is 5.75 Å². The number of nitro benzene ring substituents is 1. The molecule has 1 aromatic carbocycles. The number of ether oxygens (including phenoxy) is 1. The Morgan fingerprint density at radius 1 is 1.37 bits per heavy atom. The summed E-state index contributed by atoms with van der Waals surface area (Å²) in [6, 6.07) is 6.09. The van der Waals surface area contributed by atoms with Crippen molar-refractivity contribution in [3.05, 3.63) is 52.3 Å². The number of aromatic nitrogens is 2. The molecule has 0 bridgehead atoms. The monoisotopic (exact) mass is 261 g/mol. The van der Waals surface area contributed by atoms with E-state index in [0.717, 1.165) is 18.5 Å². The standard InChI is InChI=1S/C13H15N3O3/c1-11-9-14-15(10-11)7-2-8-19-13-5-3-12(4-6-13)16(17)18/h3-6,9-10H,2,7-8H2,1H3. The Morgan fingerprint density at radius 2 is 2.11 bits per heavy atom. The van der Waals surface area contributed by atoms with Crippen molar-refractivity contribution in [2.75, 3.05) is 6.61 Å². The highest BCUT2D eigenvalue weighted by Gasteiger charge is 2.04. The molecule has 1 aromatic heterocycles. The molecule has 100 valence electrons. The normalized spacial score (nSPS) is 10.4. The van der Waals surface area contributed by atoms with E-state index >= 15 is 0 Å². The predicted molar refractivity (Wildman–Crippen MR) is 70.2 cm³/mol. The summed E-state index contributed by atoms with van der Waals surface area (Å²) in [4.78, 5) is 10.1. The van der Waals surface area contributed by atoms with Gasteiger partial charge in [0.15, 0.2) is 0 Å². The fourth-order valence-electron chi connectivity index (χ4n) is 1.67. The van der Waals surface area contributed by atoms with Gasteiger partial charge in [0.2, 0.25) is 0 Å². The maximum atomic E-state index is 10.5. The number of rotatable bonds is 6. The summed E-state index contributed by atoms with van der Waals surface area (Å²) >= 11 is 0. The van der Waals surface area contributed by atoms with E-state index in [1.54, 1.807) is 12.1 Å². The first-order chi connectivity index (χ1) is 9.15. The van der Waals surface area contributed by atoms with Crippen molar-refractivity contribution in [2.45, 2.75) is 19.9 Å². The van der Waals surface area contributed by atoms with Gasteiger partial charge in [-0.1, -0.05) is 0 Å². The quantitative estimate of drug-likeness (QED) is 0.455. The minimum absolute atomic E-state index is 0.0689. The second-order valence-electron chi connectivity index (χ2n) is 4.23. The molecular formula is C13H15N3O3. The Labute approximate surface area is 110 Å². The molecule has 0 aliphatic heterocycles. The lowest BCUT2D eigenvalue weighted by molar-refractivity contribution is -0.384. The van der Waals surface area contributed by atoms with Crippen molar-refractivity contribution < 1.29 is 9.66 Å². The number of nitro groups is 1. The molecule has 0 N–H and O–H groups in total. The van der Waals surface area contributed by atoms with E-state index in [4.69, 9.17) is 4.74 Å². The van der Waals surface area contributed by atoms with Gasteiger partial charge in [-0.3, -0.25) is 14.8 Å². The summed E-state index contributed by atoms with van der Waals surface area (Å²) in [6.07, 6.45) is 4.63. The molecule has 6 heteroatoms. The molecule has 2 rings (SSSR count). The van der Waals surface area contributed by atoms with Crippen LogP contribution in [-0.2, 0) is 6.54 Å². The van der Waals surface area contributed by atoms with Crippen LogP contribution in [0.5, 0.6) is 5.75 Å². The van der Waals surface area contributed by atoms with Crippen LogP contribution in [0.4, 0.5) is 5.69 Å². The Kier molecular flexibility index (Phi) is 4.12. The van der Waals surface area contributed by atoms with E-state index in [2.05, 4.69) is 5.10 Å². The summed E-state index contributed by atoms with van der Waals surface area (Å²) in [5.74, 6) is 0.641. The van der Waals surface area contributed by atoms with Crippen LogP contribution in [0, 0.1) is 17.0 Å². The van der Waals surface area contributed by atoms with Crippen LogP contribution in [0.15, 0.2) is 36.7 Å². The molecule has 6 nitrogen and oxygen atoms in total. The summed E-state index contributed by atoms with van der Waals surface area (Å²) in [6.45, 7) is 3.34. The minimum Gasteiger partial charge on any atom is -0.494 e. The first kappa shape index (κ1) is 13.1. The van der Waals surface area contributed by atoms with Crippen LogP contribution in [-0.4, -0.2) is 21.3 Å². The van der Waals surface area contributed by atoms with Crippen molar-refractivity contribution in [3.63, 3.8) is 0 Å². The number of non-ortho nitro benzene ring substituents is 1. The van der Waals surface area contributed by atoms with Gasteiger partial charge in [-0.2, -0.15) is 5.10 Å². The van der Waals surface area contributed by atoms with Crippen molar-refractivity contribution in [2.24, 2.45) is 0 Å². The Morgan fingerprint density at radius 3 is 2.68 bits per heavy atom. The third-order valence-corrected chi connectivity index (χ3v) is 2.61. The Bertz CT molecular complexity index is 549. The molecule has 0 aliphatic rings. The largest absolute Gasteiger partial charge is 0.494 e. The average molecular weight is 261 g/mol. The molecule has 0 unspecified atom stereocenters. The number of aryl methyl sites for hydroxylation is 2. The number of benzene rings is 1. The van der Waals surface area contributed by atoms with Crippen LogP contribution in [0.3, 0.4) is 0 Å². The number of hydrogen-bond acceptors (Lipinski definition) is 4. The summed E-state index contributed by atoms with van der Waals surface area (Å²) < 4.78 is 7.38. The number of hydrogen-bond donors (Lipinski definition) is 0. The smallest absolute Gasteiger partial charge is 0.269 e. The highest BCUT2D eigenvalue weighted by atomic mass is 16.6. The molecule has 0 saturated carbocycles. The third-order valence-electron chi connectivity index (χ3n) is 2.61. The lowest BCUT2D eigenvalue weighted by Crippen LogP contribution is -2.04. The van der Waals surface area contributed by atoms with Crippen LogP contribution >= 0.6 is 0 Å². The lowest BCUT2D eigenvalue weighted by atomic mass is 10.3. The molecule has 1 heterocycles. The van der Waals surface area contributed by atoms with Gasteiger partial charge in [-0.05, 0) is 24.6 Å². The lowest BCUT2D eigenvalue weighted by Gasteiger charge is -2.05. The fraction of sp³-hybridized carbons (Fsp3) is 0.308. The Balaban J connectivity index is 1.75. The third kappa shape index (κ3) is 3.80. The van der Waals surface area contributed by atoms with Gasteiger partial charge in [0.05, 0.1) is 17.7 Å². The second-order valence-corrected chi connectivity index (χ2v) is 4.23. The summed E-state index contributed by atoms with van der Waals surface area (Å²) in [5, 5.41) is 14.7. The van der Waals surface area contributed by atoms with Crippen LogP contribution in [0.1, 0.15) is 12.0 Å². The van der Waals surface area contributed by atoms with E-state index < -0.39 is 4.92 Å². The number of nitrogens with zero attached hydrogens (tertiary/aromatic N) is 3. The van der Waals surface area contributed by atoms with E-state index in [0.29, 0.717) is 12.4 Å². The predicted octanol–water partition coefficient (Wildman–Crippen LogP) is 2.57. The SMILES string of the molecule is Cc1cnn(CCCOc2ccc([N+](=O)[O-])cc2)c1. The van der Waals surface area contributed by atoms with Crippen molar-refractivity contribution in [1.82, 2.24) is 9.78 Å². The van der Waals surface area contributed by atoms with Gasteiger partial charge in [-0.25, -0.2) is 0 Å². The van der Waals surface area contributed by atoms with E-state index in [-0.39, 0.29) is 5.69 Å². The first-order valence-corrected chi connectivity index (χ1v) is 6.01. The maximum absolute atomic E-state index is 10.5. The molecule has 0 spiro atoms. The molecule has 19 heavy (non-hydrogen) atoms. The van der Waals surface area contributed by atoms with Crippen molar-refractivity contribution >= 4 is 5.69 Å². The topological polar surface area (TPSA) is 70.2 Å². The molecule has 0 saturated heterocycles. The van der Waals surface area contributed by atoms with Gasteiger partial charge in [0.25, 0.3) is 5.69 Å². The highest BCUT2D eigenvalue weighted by Crippen LogP contribution is 2.17. The average Bonchev–Trinajstić information content (AvgIpc) is 2.81. The molecule has 2 aromatic rings. The van der Waals surface area contributed by atoms with Gasteiger partial charge in [0, 0.05) is 31.3 Å². The van der Waals surface area contributed by atoms with Gasteiger partial charge >= 0.3 is 0 Å². The molecule has 0 amide bonds. The van der Waals surface area contributed by atoms with Crippen LogP contribution in [0.25, 0.3) is 0 Å². The van der Waals surface area contributed by atoms with Crippen LogP contribution in [0.2, 0.25) is 0 Å². The molecule has 0 radical (unpaired) electrons. The molecular weight excluding hydrogens is 246 g/mol. The zero-order chi connectivity index (χ0) is 13.7. The maximum Gasteiger partial charge on any atom is 0.269 e. The first-order valence-electron chi connectivity index (χ1n) is 6.01. The van der Waals surface area contributed by atoms with Gasteiger partial charge in [-0.15, -0.1) is 0 Å². The summed E-state index contributed by atoms with van der Waals surface area (Å²) in [5.41, 5.74) is 1.20. The Hall–Kier alpha value is -2.37. The summed E-state index contributed by atoms with van der Waals surface area (Å²) in [7, 11) is 0. The van der Waals surface area contributed by atoms with Crippen molar-refractivity contribution in [1.29, 1.82) is 0 Å². The zero-order valence-electron chi connectivity index (χ0n) is 10.7. The molecule has 0 fully saturated rings. The minimum atomic E-state index is -0.427. The van der Waals surface area contributed by atoms with E-state index in [1.165, 1.54) is 12.1 Å². The van der Waals surface area contributed by atoms with E-state index in [1.807, 2.05) is 24.0 Å². The molecule has 0 atom stereocenters. The molecule has 0 aliphatic carbocycles. The fourth-order valence-corrected chi connectivity index (χ4v) is 1.67. The van der Waals surface area contributed by atoms with Crippen LogP contribution < -0.4 is 4.74 Å².